The largest absolute Gasteiger partial charge is 0.493 e. The smallest absolute Gasteiger partial charge is 0.277 e. The molecule has 0 unspecified atom stereocenters. The summed E-state index contributed by atoms with van der Waals surface area (Å²) in [5.41, 5.74) is -0.267. The molecule has 8 nitrogen and oxygen atoms in total. The van der Waals surface area contributed by atoms with Gasteiger partial charge in [0.05, 0.1) is 25.5 Å². The topological polar surface area (TPSA) is 110 Å². The van der Waals surface area contributed by atoms with Crippen LogP contribution in [0.1, 0.15) is 27.7 Å². The summed E-state index contributed by atoms with van der Waals surface area (Å²) in [6.45, 7) is 7.19. The van der Waals surface area contributed by atoms with Crippen LogP contribution in [0.4, 0.5) is 0 Å². The Morgan fingerprint density at radius 1 is 1.25 bits per heavy atom. The molecule has 150 valence electrons. The quantitative estimate of drug-likeness (QED) is 0.667. The van der Waals surface area contributed by atoms with Crippen LogP contribution in [0.15, 0.2) is 27.8 Å². The molecule has 0 bridgehead atoms. The van der Waals surface area contributed by atoms with Crippen molar-refractivity contribution in [1.82, 2.24) is 15.5 Å². The normalized spacial score (nSPS) is 14.1. The van der Waals surface area contributed by atoms with Crippen molar-refractivity contribution in [3.8, 4) is 29.0 Å². The molecule has 0 aliphatic heterocycles. The van der Waals surface area contributed by atoms with Gasteiger partial charge in [0.2, 0.25) is 11.8 Å². The molecule has 28 heavy (non-hydrogen) atoms. The van der Waals surface area contributed by atoms with Gasteiger partial charge >= 0.3 is 0 Å². The van der Waals surface area contributed by atoms with Crippen molar-refractivity contribution in [3.05, 3.63) is 18.2 Å². The highest BCUT2D eigenvalue weighted by Gasteiger charge is 2.32. The first-order valence-electron chi connectivity index (χ1n) is 8.70. The van der Waals surface area contributed by atoms with Crippen LogP contribution in [0.25, 0.3) is 11.5 Å². The summed E-state index contributed by atoms with van der Waals surface area (Å²) < 4.78 is 16.2. The van der Waals surface area contributed by atoms with Gasteiger partial charge in [0.1, 0.15) is 5.54 Å². The summed E-state index contributed by atoms with van der Waals surface area (Å²) in [7, 11) is 3.10. The fraction of sp³-hybridized carbons (Fsp3) is 0.474. The molecule has 1 aromatic heterocycles. The Labute approximate surface area is 168 Å². The Morgan fingerprint density at radius 3 is 2.50 bits per heavy atom. The van der Waals surface area contributed by atoms with E-state index in [4.69, 9.17) is 13.9 Å². The molecule has 1 N–H and O–H groups in total. The van der Waals surface area contributed by atoms with E-state index in [0.717, 1.165) is 11.8 Å². The lowest BCUT2D eigenvalue weighted by Gasteiger charge is -2.28. The summed E-state index contributed by atoms with van der Waals surface area (Å²) in [4.78, 5) is 12.5. The Balaban J connectivity index is 2.10. The van der Waals surface area contributed by atoms with E-state index in [2.05, 4.69) is 21.6 Å². The van der Waals surface area contributed by atoms with E-state index in [0.29, 0.717) is 23.0 Å². The van der Waals surface area contributed by atoms with E-state index in [1.165, 1.54) is 0 Å². The van der Waals surface area contributed by atoms with Crippen LogP contribution in [-0.2, 0) is 4.79 Å². The van der Waals surface area contributed by atoms with Crippen molar-refractivity contribution in [3.63, 3.8) is 0 Å². The van der Waals surface area contributed by atoms with Crippen molar-refractivity contribution in [2.45, 2.75) is 43.7 Å². The van der Waals surface area contributed by atoms with E-state index >= 15 is 0 Å². The molecule has 1 aromatic carbocycles. The molecule has 2 atom stereocenters. The zero-order valence-corrected chi connectivity index (χ0v) is 17.6. The molecule has 0 spiro atoms. The number of carbonyl (C=O) groups is 1. The molecule has 0 aliphatic carbocycles. The zero-order valence-electron chi connectivity index (χ0n) is 16.8. The molecule has 2 aromatic rings. The number of nitrogens with zero attached hydrogens (tertiary/aromatic N) is 3. The second-order valence-corrected chi connectivity index (χ2v) is 7.95. The lowest BCUT2D eigenvalue weighted by Crippen LogP contribution is -2.51. The number of ether oxygens (including phenoxy) is 2. The minimum Gasteiger partial charge on any atom is -0.493 e. The van der Waals surface area contributed by atoms with Crippen LogP contribution >= 0.6 is 11.8 Å². The van der Waals surface area contributed by atoms with Gasteiger partial charge in [0.25, 0.3) is 5.22 Å². The number of amides is 1. The first-order chi connectivity index (χ1) is 13.2. The van der Waals surface area contributed by atoms with Crippen LogP contribution in [-0.4, -0.2) is 41.1 Å². The highest BCUT2D eigenvalue weighted by Crippen LogP contribution is 2.33. The number of benzene rings is 1. The van der Waals surface area contributed by atoms with Gasteiger partial charge in [-0.15, -0.1) is 10.2 Å². The minimum absolute atomic E-state index is 0.0290. The molecule has 2 rings (SSSR count). The van der Waals surface area contributed by atoms with Crippen molar-refractivity contribution in [1.29, 1.82) is 5.26 Å². The third kappa shape index (κ3) is 4.75. The van der Waals surface area contributed by atoms with Crippen molar-refractivity contribution in [2.24, 2.45) is 5.92 Å². The minimum atomic E-state index is -0.939. The van der Waals surface area contributed by atoms with Gasteiger partial charge in [-0.25, -0.2) is 0 Å². The maximum Gasteiger partial charge on any atom is 0.277 e. The highest BCUT2D eigenvalue weighted by molar-refractivity contribution is 8.00. The van der Waals surface area contributed by atoms with Gasteiger partial charge in [-0.3, -0.25) is 4.79 Å². The number of hydrogen-bond donors (Lipinski definition) is 1. The second kappa shape index (κ2) is 8.97. The SMILES string of the molecule is COc1ccc(-c2nnc(S[C@H](C)C(=O)N[C@@](C)(C#N)C(C)C)o2)cc1OC. The Bertz CT molecular complexity index is 877. The van der Waals surface area contributed by atoms with Gasteiger partial charge in [0.15, 0.2) is 11.5 Å². The molecule has 9 heteroatoms. The maximum atomic E-state index is 12.5. The van der Waals surface area contributed by atoms with E-state index in [1.807, 2.05) is 13.8 Å². The summed E-state index contributed by atoms with van der Waals surface area (Å²) in [5, 5.41) is 19.9. The molecule has 1 heterocycles. The first kappa shape index (κ1) is 21.6. The third-order valence-corrected chi connectivity index (χ3v) is 5.39. The lowest BCUT2D eigenvalue weighted by atomic mass is 9.90. The summed E-state index contributed by atoms with van der Waals surface area (Å²) in [6, 6.07) is 7.42. The third-order valence-electron chi connectivity index (χ3n) is 4.45. The number of rotatable bonds is 8. The number of carbonyl (C=O) groups excluding carboxylic acids is 1. The monoisotopic (exact) mass is 404 g/mol. The predicted octanol–water partition coefficient (Wildman–Crippen LogP) is 3.29. The zero-order chi connectivity index (χ0) is 20.9. The number of hydrogen-bond acceptors (Lipinski definition) is 8. The summed E-state index contributed by atoms with van der Waals surface area (Å²) in [5.74, 6) is 1.15. The first-order valence-corrected chi connectivity index (χ1v) is 9.57. The average Bonchev–Trinajstić information content (AvgIpc) is 3.15. The molecule has 0 aliphatic rings. The maximum absolute atomic E-state index is 12.5. The van der Waals surface area contributed by atoms with E-state index in [-0.39, 0.29) is 17.0 Å². The van der Waals surface area contributed by atoms with E-state index < -0.39 is 10.8 Å². The van der Waals surface area contributed by atoms with Gasteiger partial charge < -0.3 is 19.2 Å². The van der Waals surface area contributed by atoms with E-state index in [9.17, 15) is 10.1 Å². The van der Waals surface area contributed by atoms with Crippen molar-refractivity contribution >= 4 is 17.7 Å². The number of aromatic nitrogens is 2. The number of nitriles is 1. The van der Waals surface area contributed by atoms with Gasteiger partial charge in [-0.1, -0.05) is 25.6 Å². The van der Waals surface area contributed by atoms with Crippen LogP contribution in [0.3, 0.4) is 0 Å². The predicted molar refractivity (Wildman–Crippen MR) is 105 cm³/mol. The van der Waals surface area contributed by atoms with Crippen molar-refractivity contribution < 1.29 is 18.7 Å². The molecular formula is C19H24N4O4S. The Kier molecular flexibility index (Phi) is 6.91. The Hall–Kier alpha value is -2.73. The average molecular weight is 404 g/mol. The second-order valence-electron chi connectivity index (χ2n) is 6.66. The summed E-state index contributed by atoms with van der Waals surface area (Å²) >= 11 is 1.13. The highest BCUT2D eigenvalue weighted by atomic mass is 32.2. The number of thioether (sulfide) groups is 1. The molecule has 1 amide bonds. The lowest BCUT2D eigenvalue weighted by molar-refractivity contribution is -0.121. The van der Waals surface area contributed by atoms with Crippen LogP contribution in [0, 0.1) is 17.2 Å². The number of methoxy groups -OCH3 is 2. The van der Waals surface area contributed by atoms with Crippen molar-refractivity contribution in [2.75, 3.05) is 14.2 Å². The molecule has 0 saturated heterocycles. The molecule has 0 fully saturated rings. The Morgan fingerprint density at radius 2 is 1.93 bits per heavy atom. The number of nitrogens with one attached hydrogen (secondary N) is 1. The standard InChI is InChI=1S/C19H24N4O4S/c1-11(2)19(4,10-20)21-16(24)12(3)28-18-23-22-17(27-18)13-7-8-14(25-5)15(9-13)26-6/h7-9,11-12H,1-6H3,(H,21,24)/t12-,19+/m1/s1. The van der Waals surface area contributed by atoms with Crippen LogP contribution in [0.5, 0.6) is 11.5 Å². The summed E-state index contributed by atoms with van der Waals surface area (Å²) in [6.07, 6.45) is 0. The van der Waals surface area contributed by atoms with Gasteiger partial charge in [0, 0.05) is 5.56 Å². The van der Waals surface area contributed by atoms with Crippen LogP contribution in [0.2, 0.25) is 0 Å². The van der Waals surface area contributed by atoms with Crippen LogP contribution < -0.4 is 14.8 Å². The van der Waals surface area contributed by atoms with E-state index in [1.54, 1.807) is 46.3 Å². The molecule has 0 radical (unpaired) electrons. The van der Waals surface area contributed by atoms with Gasteiger partial charge in [-0.2, -0.15) is 5.26 Å². The fourth-order valence-electron chi connectivity index (χ4n) is 2.21. The van der Waals surface area contributed by atoms with Gasteiger partial charge in [-0.05, 0) is 38.0 Å². The fourth-order valence-corrected chi connectivity index (χ4v) is 2.89. The molecule has 0 saturated carbocycles. The molecular weight excluding hydrogens is 380 g/mol.